The van der Waals surface area contributed by atoms with Crippen molar-refractivity contribution < 1.29 is 4.42 Å². The fourth-order valence-electron chi connectivity index (χ4n) is 13.3. The maximum Gasteiger partial charge on any atom is 0.136 e. The summed E-state index contributed by atoms with van der Waals surface area (Å²) in [6.07, 6.45) is 0. The lowest BCUT2D eigenvalue weighted by atomic mass is 9.68. The third-order valence-electron chi connectivity index (χ3n) is 15.8. The monoisotopic (exact) mass is 858 g/mol. The normalized spacial score (nSPS) is 13.4. The van der Waals surface area contributed by atoms with Gasteiger partial charge >= 0.3 is 0 Å². The molecule has 0 atom stereocenters. The molecule has 2 aliphatic carbocycles. The highest BCUT2D eigenvalue weighted by Crippen LogP contribution is 2.67. The summed E-state index contributed by atoms with van der Waals surface area (Å²) in [6.45, 7) is 0. The van der Waals surface area contributed by atoms with E-state index in [1.165, 1.54) is 137 Å². The van der Waals surface area contributed by atoms with Crippen LogP contribution in [0.5, 0.6) is 0 Å². The molecule has 0 saturated carbocycles. The summed E-state index contributed by atoms with van der Waals surface area (Å²) in [6, 6.07) is 86.5. The second kappa shape index (κ2) is 13.2. The van der Waals surface area contributed by atoms with Gasteiger partial charge in [0.2, 0.25) is 0 Å². The van der Waals surface area contributed by atoms with E-state index in [1.807, 2.05) is 0 Å². The predicted molar refractivity (Wildman–Crippen MR) is 286 cm³/mol. The molecule has 13 aromatic carbocycles. The molecule has 1 nitrogen and oxygen atoms in total. The molecule has 1 heteroatoms. The van der Waals surface area contributed by atoms with Crippen LogP contribution in [0.3, 0.4) is 0 Å². The summed E-state index contributed by atoms with van der Waals surface area (Å²) in [5.74, 6) is 0. The Morgan fingerprint density at radius 1 is 0.265 bits per heavy atom. The van der Waals surface area contributed by atoms with Crippen molar-refractivity contribution in [2.24, 2.45) is 0 Å². The van der Waals surface area contributed by atoms with Crippen LogP contribution < -0.4 is 0 Å². The molecule has 0 fully saturated rings. The van der Waals surface area contributed by atoms with Gasteiger partial charge in [-0.25, -0.2) is 0 Å². The number of benzene rings is 13. The lowest BCUT2D eigenvalue weighted by Gasteiger charge is -2.33. The Morgan fingerprint density at radius 3 is 1.38 bits per heavy atom. The first-order valence-corrected chi connectivity index (χ1v) is 23.8. The van der Waals surface area contributed by atoms with Gasteiger partial charge in [0.1, 0.15) is 11.2 Å². The SMILES string of the molecule is c1ccc2c(c1)-c1ccccc1C21c2c(cc(-c3c4ccccc4c(-c4ccc5oc6ccc7ccccc7c6c5c4)c4ccccc34)c3ccccc23)-c2c1c1ccccc1c1ccccc21. The number of furan rings is 1. The molecule has 1 spiro atoms. The molecule has 0 saturated heterocycles. The van der Waals surface area contributed by atoms with Crippen LogP contribution in [0.2, 0.25) is 0 Å². The minimum absolute atomic E-state index is 0.547. The van der Waals surface area contributed by atoms with E-state index < -0.39 is 5.41 Å². The van der Waals surface area contributed by atoms with Crippen LogP contribution in [0.15, 0.2) is 235 Å². The second-order valence-electron chi connectivity index (χ2n) is 18.9. The molecule has 0 unspecified atom stereocenters. The topological polar surface area (TPSA) is 13.1 Å². The summed E-state index contributed by atoms with van der Waals surface area (Å²) in [5, 5.41) is 17.4. The van der Waals surface area contributed by atoms with Gasteiger partial charge in [0, 0.05) is 10.8 Å². The third kappa shape index (κ3) is 4.47. The lowest BCUT2D eigenvalue weighted by Crippen LogP contribution is -2.26. The Balaban J connectivity index is 1.06. The van der Waals surface area contributed by atoms with Gasteiger partial charge in [-0.3, -0.25) is 0 Å². The summed E-state index contributed by atoms with van der Waals surface area (Å²) < 4.78 is 6.53. The first-order chi connectivity index (χ1) is 33.8. The minimum atomic E-state index is -0.547. The van der Waals surface area contributed by atoms with E-state index >= 15 is 0 Å². The van der Waals surface area contributed by atoms with Crippen molar-refractivity contribution in [2.45, 2.75) is 5.41 Å². The molecule has 1 heterocycles. The van der Waals surface area contributed by atoms with Crippen molar-refractivity contribution in [3.63, 3.8) is 0 Å². The first kappa shape index (κ1) is 36.4. The molecule has 14 aromatic rings. The van der Waals surface area contributed by atoms with E-state index in [9.17, 15) is 0 Å². The van der Waals surface area contributed by atoms with Crippen molar-refractivity contribution >= 4 is 86.6 Å². The highest BCUT2D eigenvalue weighted by Gasteiger charge is 2.54. The minimum Gasteiger partial charge on any atom is -0.456 e. The summed E-state index contributed by atoms with van der Waals surface area (Å²) >= 11 is 0. The fraction of sp³-hybridized carbons (Fsp3) is 0.0149. The van der Waals surface area contributed by atoms with Crippen LogP contribution in [0.4, 0.5) is 0 Å². The van der Waals surface area contributed by atoms with Gasteiger partial charge < -0.3 is 4.42 Å². The average molecular weight is 859 g/mol. The average Bonchev–Trinajstić information content (AvgIpc) is 4.04. The molecule has 16 rings (SSSR count). The predicted octanol–water partition coefficient (Wildman–Crippen LogP) is 18.2. The van der Waals surface area contributed by atoms with E-state index in [2.05, 4.69) is 231 Å². The standard InChI is InChI=1S/C67H38O/c1-2-18-41-39(17-1)33-36-60-63(41)55-37-40(34-35-59(55)68-60)61-48-25-7-9-27-50(48)62(51-28-10-8-26-49(51)61)54-38-56-64-47-24-6-3-19-42(47)43-20-4-12-30-53(43)66(64)67(65(56)52-29-11-5-21-44(52)54)57-31-15-13-22-45(57)46-23-14-16-32-58(46)67/h1-38H. The van der Waals surface area contributed by atoms with Crippen molar-refractivity contribution in [3.8, 4) is 44.5 Å². The third-order valence-corrected chi connectivity index (χ3v) is 15.8. The zero-order chi connectivity index (χ0) is 44.2. The Morgan fingerprint density at radius 2 is 0.735 bits per heavy atom. The molecular formula is C67H38O. The van der Waals surface area contributed by atoms with Crippen LogP contribution in [-0.4, -0.2) is 0 Å². The smallest absolute Gasteiger partial charge is 0.136 e. The van der Waals surface area contributed by atoms with Gasteiger partial charge in [-0.2, -0.15) is 0 Å². The summed E-state index contributed by atoms with van der Waals surface area (Å²) in [5.41, 5.74) is 17.0. The van der Waals surface area contributed by atoms with Gasteiger partial charge in [0.25, 0.3) is 0 Å². The number of rotatable bonds is 2. The molecule has 0 amide bonds. The molecule has 0 aliphatic heterocycles. The second-order valence-corrected chi connectivity index (χ2v) is 18.9. The molecule has 312 valence electrons. The van der Waals surface area contributed by atoms with Crippen LogP contribution in [0.25, 0.3) is 131 Å². The van der Waals surface area contributed by atoms with Gasteiger partial charge in [-0.1, -0.05) is 206 Å². The Kier molecular flexibility index (Phi) is 7.07. The van der Waals surface area contributed by atoms with Gasteiger partial charge in [0.15, 0.2) is 0 Å². The fourth-order valence-corrected chi connectivity index (χ4v) is 13.3. The van der Waals surface area contributed by atoms with E-state index in [4.69, 9.17) is 4.42 Å². The molecule has 2 aliphatic rings. The highest BCUT2D eigenvalue weighted by atomic mass is 16.3. The largest absolute Gasteiger partial charge is 0.456 e. The summed E-state index contributed by atoms with van der Waals surface area (Å²) in [4.78, 5) is 0. The van der Waals surface area contributed by atoms with Crippen molar-refractivity contribution in [1.82, 2.24) is 0 Å². The van der Waals surface area contributed by atoms with Crippen LogP contribution in [0.1, 0.15) is 22.3 Å². The number of fused-ring (bicyclic) bond motifs is 24. The van der Waals surface area contributed by atoms with Crippen molar-refractivity contribution in [1.29, 1.82) is 0 Å². The zero-order valence-corrected chi connectivity index (χ0v) is 36.8. The highest BCUT2D eigenvalue weighted by molar-refractivity contribution is 6.28. The first-order valence-electron chi connectivity index (χ1n) is 23.8. The zero-order valence-electron chi connectivity index (χ0n) is 36.8. The maximum atomic E-state index is 6.53. The summed E-state index contributed by atoms with van der Waals surface area (Å²) in [7, 11) is 0. The van der Waals surface area contributed by atoms with Crippen LogP contribution >= 0.6 is 0 Å². The molecule has 0 radical (unpaired) electrons. The van der Waals surface area contributed by atoms with E-state index in [0.717, 1.165) is 16.6 Å². The molecule has 0 N–H and O–H groups in total. The van der Waals surface area contributed by atoms with Crippen molar-refractivity contribution in [2.75, 3.05) is 0 Å². The number of hydrogen-bond donors (Lipinski definition) is 0. The van der Waals surface area contributed by atoms with Crippen LogP contribution in [0, 0.1) is 0 Å². The van der Waals surface area contributed by atoms with Gasteiger partial charge in [-0.15, -0.1) is 0 Å². The molecule has 68 heavy (non-hydrogen) atoms. The Bertz CT molecular complexity index is 4460. The molecule has 0 bridgehead atoms. The lowest BCUT2D eigenvalue weighted by molar-refractivity contribution is 0.669. The quantitative estimate of drug-likeness (QED) is 0.125. The van der Waals surface area contributed by atoms with Crippen molar-refractivity contribution in [3.05, 3.63) is 253 Å². The van der Waals surface area contributed by atoms with Gasteiger partial charge in [0.05, 0.1) is 5.41 Å². The molecule has 1 aromatic heterocycles. The Hall–Kier alpha value is -8.78. The van der Waals surface area contributed by atoms with Gasteiger partial charge in [-0.05, 0) is 156 Å². The molecular weight excluding hydrogens is 821 g/mol. The maximum absolute atomic E-state index is 6.53. The Labute approximate surface area is 391 Å². The van der Waals surface area contributed by atoms with E-state index in [0.29, 0.717) is 0 Å². The van der Waals surface area contributed by atoms with E-state index in [-0.39, 0.29) is 0 Å². The number of hydrogen-bond acceptors (Lipinski definition) is 1. The van der Waals surface area contributed by atoms with Crippen LogP contribution in [-0.2, 0) is 5.41 Å². The van der Waals surface area contributed by atoms with E-state index in [1.54, 1.807) is 0 Å².